The van der Waals surface area contributed by atoms with E-state index in [0.717, 1.165) is 80.8 Å². The molecule has 1 aliphatic heterocycles. The Hall–Kier alpha value is -2.00. The van der Waals surface area contributed by atoms with Gasteiger partial charge in [-0.25, -0.2) is 0 Å². The number of morpholine rings is 1. The molecule has 8 heteroatoms. The molecule has 0 radical (unpaired) electrons. The number of aromatic nitrogens is 1. The number of nitrogens with zero attached hydrogens (tertiary/aromatic N) is 2. The van der Waals surface area contributed by atoms with Crippen LogP contribution in [-0.2, 0) is 16.0 Å². The van der Waals surface area contributed by atoms with Crippen LogP contribution in [0.1, 0.15) is 24.0 Å². The zero-order valence-corrected chi connectivity index (χ0v) is 19.4. The lowest BCUT2D eigenvalue weighted by Crippen LogP contribution is -2.43. The summed E-state index contributed by atoms with van der Waals surface area (Å²) in [5, 5.41) is 5.05. The van der Waals surface area contributed by atoms with Crippen molar-refractivity contribution < 1.29 is 9.47 Å². The van der Waals surface area contributed by atoms with Crippen LogP contribution in [0.5, 0.6) is 0 Å². The second-order valence-electron chi connectivity index (χ2n) is 7.97. The topological polar surface area (TPSA) is 69.8 Å². The van der Waals surface area contributed by atoms with Crippen molar-refractivity contribution >= 4 is 28.2 Å². The minimum Gasteiger partial charge on any atom is -0.385 e. The zero-order chi connectivity index (χ0) is 22.1. The summed E-state index contributed by atoms with van der Waals surface area (Å²) in [6.07, 6.45) is 1.86. The molecule has 1 aromatic heterocycles. The summed E-state index contributed by atoms with van der Waals surface area (Å²) in [5.74, 6) is 0. The molecule has 7 nitrogen and oxygen atoms in total. The van der Waals surface area contributed by atoms with Crippen molar-refractivity contribution in [1.29, 1.82) is 0 Å². The van der Waals surface area contributed by atoms with Crippen molar-refractivity contribution in [3.8, 4) is 0 Å². The van der Waals surface area contributed by atoms with Crippen LogP contribution < -0.4 is 10.9 Å². The van der Waals surface area contributed by atoms with Crippen molar-refractivity contribution in [3.63, 3.8) is 0 Å². The second-order valence-corrected chi connectivity index (χ2v) is 8.36. The number of rotatable bonds is 10. The number of pyridine rings is 1. The molecule has 1 saturated heterocycles. The standard InChI is InChI=1S/C23H34N4O3S/c1-18-6-3-7-19-16-20(22(28)25-21(18)19)17-27(23(31)24-8-4-13-29-2)10-5-9-26-11-14-30-15-12-26/h3,6-7,16H,4-5,8-15,17H2,1-2H3,(H,24,31)(H,25,28). The maximum absolute atomic E-state index is 12.8. The van der Waals surface area contributed by atoms with Crippen molar-refractivity contribution in [2.24, 2.45) is 0 Å². The number of aryl methyl sites for hydroxylation is 1. The van der Waals surface area contributed by atoms with Gasteiger partial charge >= 0.3 is 0 Å². The Morgan fingerprint density at radius 1 is 1.32 bits per heavy atom. The number of ether oxygens (including phenoxy) is 2. The summed E-state index contributed by atoms with van der Waals surface area (Å²) >= 11 is 5.68. The smallest absolute Gasteiger partial charge is 0.253 e. The van der Waals surface area contributed by atoms with E-state index < -0.39 is 0 Å². The molecule has 0 bridgehead atoms. The van der Waals surface area contributed by atoms with Gasteiger partial charge in [-0.05, 0) is 49.0 Å². The molecule has 1 aliphatic rings. The van der Waals surface area contributed by atoms with Crippen LogP contribution in [0.25, 0.3) is 10.9 Å². The number of para-hydroxylation sites is 1. The number of thiocarbonyl (C=S) groups is 1. The number of H-pyrrole nitrogens is 1. The van der Waals surface area contributed by atoms with E-state index in [1.807, 2.05) is 31.2 Å². The highest BCUT2D eigenvalue weighted by molar-refractivity contribution is 7.80. The van der Waals surface area contributed by atoms with Gasteiger partial charge in [0.1, 0.15) is 0 Å². The first-order chi connectivity index (χ1) is 15.1. The number of aromatic amines is 1. The number of hydrogen-bond acceptors (Lipinski definition) is 5. The molecular weight excluding hydrogens is 412 g/mol. The van der Waals surface area contributed by atoms with Gasteiger partial charge in [-0.15, -0.1) is 0 Å². The summed E-state index contributed by atoms with van der Waals surface area (Å²) in [6.45, 7) is 9.28. The van der Waals surface area contributed by atoms with Gasteiger partial charge in [0, 0.05) is 52.0 Å². The minimum absolute atomic E-state index is 0.0536. The fourth-order valence-electron chi connectivity index (χ4n) is 3.84. The molecule has 2 aromatic rings. The number of fused-ring (bicyclic) bond motifs is 1. The summed E-state index contributed by atoms with van der Waals surface area (Å²) in [4.78, 5) is 20.4. The Kier molecular flexibility index (Phi) is 9.27. The van der Waals surface area contributed by atoms with E-state index in [2.05, 4.69) is 20.1 Å². The fourth-order valence-corrected chi connectivity index (χ4v) is 4.10. The van der Waals surface area contributed by atoms with Gasteiger partial charge in [-0.2, -0.15) is 0 Å². The summed E-state index contributed by atoms with van der Waals surface area (Å²) < 4.78 is 10.6. The van der Waals surface area contributed by atoms with E-state index in [1.165, 1.54) is 0 Å². The Morgan fingerprint density at radius 3 is 2.90 bits per heavy atom. The van der Waals surface area contributed by atoms with Gasteiger partial charge in [0.25, 0.3) is 5.56 Å². The molecule has 0 atom stereocenters. The number of nitrogens with one attached hydrogen (secondary N) is 2. The monoisotopic (exact) mass is 446 g/mol. The largest absolute Gasteiger partial charge is 0.385 e. The average Bonchev–Trinajstić information content (AvgIpc) is 2.78. The third-order valence-corrected chi connectivity index (χ3v) is 6.02. The molecule has 0 amide bonds. The van der Waals surface area contributed by atoms with E-state index in [0.29, 0.717) is 18.3 Å². The van der Waals surface area contributed by atoms with Crippen molar-refractivity contribution in [2.45, 2.75) is 26.3 Å². The van der Waals surface area contributed by atoms with E-state index in [9.17, 15) is 4.79 Å². The molecule has 2 N–H and O–H groups in total. The van der Waals surface area contributed by atoms with Crippen LogP contribution in [-0.4, -0.2) is 79.6 Å². The quantitative estimate of drug-likeness (QED) is 0.429. The highest BCUT2D eigenvalue weighted by atomic mass is 32.1. The summed E-state index contributed by atoms with van der Waals surface area (Å²) in [5.41, 5.74) is 2.64. The minimum atomic E-state index is -0.0536. The maximum Gasteiger partial charge on any atom is 0.253 e. The molecule has 1 aromatic carbocycles. The number of hydrogen-bond donors (Lipinski definition) is 2. The Morgan fingerprint density at radius 2 is 2.13 bits per heavy atom. The van der Waals surface area contributed by atoms with Crippen molar-refractivity contribution in [1.82, 2.24) is 20.1 Å². The first-order valence-electron chi connectivity index (χ1n) is 11.0. The van der Waals surface area contributed by atoms with Gasteiger partial charge < -0.3 is 24.7 Å². The van der Waals surface area contributed by atoms with Crippen molar-refractivity contribution in [2.75, 3.05) is 59.7 Å². The predicted octanol–water partition coefficient (Wildman–Crippen LogP) is 2.27. The van der Waals surface area contributed by atoms with Gasteiger partial charge in [-0.3, -0.25) is 9.69 Å². The molecule has 31 heavy (non-hydrogen) atoms. The highest BCUT2D eigenvalue weighted by Crippen LogP contribution is 2.16. The van der Waals surface area contributed by atoms with Gasteiger partial charge in [0.05, 0.1) is 25.3 Å². The van der Waals surface area contributed by atoms with E-state index >= 15 is 0 Å². The molecule has 3 rings (SSSR count). The third kappa shape index (κ3) is 7.00. The van der Waals surface area contributed by atoms with Gasteiger partial charge in [-0.1, -0.05) is 18.2 Å². The fraction of sp³-hybridized carbons (Fsp3) is 0.565. The highest BCUT2D eigenvalue weighted by Gasteiger charge is 2.15. The normalized spacial score (nSPS) is 14.6. The van der Waals surface area contributed by atoms with Crippen LogP contribution in [0.15, 0.2) is 29.1 Å². The van der Waals surface area contributed by atoms with Crippen LogP contribution >= 0.6 is 12.2 Å². The lowest BCUT2D eigenvalue weighted by Gasteiger charge is -2.29. The average molecular weight is 447 g/mol. The second kappa shape index (κ2) is 12.1. The molecule has 170 valence electrons. The van der Waals surface area contributed by atoms with Gasteiger partial charge in [0.15, 0.2) is 5.11 Å². The lowest BCUT2D eigenvalue weighted by molar-refractivity contribution is 0.0367. The predicted molar refractivity (Wildman–Crippen MR) is 129 cm³/mol. The molecule has 0 spiro atoms. The molecule has 0 unspecified atom stereocenters. The zero-order valence-electron chi connectivity index (χ0n) is 18.6. The Labute approximate surface area is 189 Å². The maximum atomic E-state index is 12.8. The van der Waals surface area contributed by atoms with Crippen LogP contribution in [0.4, 0.5) is 0 Å². The number of methoxy groups -OCH3 is 1. The Balaban J connectivity index is 1.68. The summed E-state index contributed by atoms with van der Waals surface area (Å²) in [7, 11) is 1.70. The third-order valence-electron chi connectivity index (χ3n) is 5.62. The molecule has 1 fully saturated rings. The molecule has 2 heterocycles. The van der Waals surface area contributed by atoms with Crippen molar-refractivity contribution in [3.05, 3.63) is 45.7 Å². The SMILES string of the molecule is COCCCNC(=S)N(CCCN1CCOCC1)Cc1cc2cccc(C)c2[nH]c1=O. The molecule has 0 saturated carbocycles. The molecule has 0 aliphatic carbocycles. The van der Waals surface area contributed by atoms with Crippen LogP contribution in [0.2, 0.25) is 0 Å². The van der Waals surface area contributed by atoms with E-state index in [-0.39, 0.29) is 5.56 Å². The first-order valence-corrected chi connectivity index (χ1v) is 11.4. The first kappa shape index (κ1) is 23.7. The van der Waals surface area contributed by atoms with Crippen LogP contribution in [0.3, 0.4) is 0 Å². The van der Waals surface area contributed by atoms with E-state index in [4.69, 9.17) is 21.7 Å². The van der Waals surface area contributed by atoms with E-state index in [1.54, 1.807) is 7.11 Å². The van der Waals surface area contributed by atoms with Gasteiger partial charge in [0.2, 0.25) is 0 Å². The lowest BCUT2D eigenvalue weighted by atomic mass is 10.1. The van der Waals surface area contributed by atoms with Crippen LogP contribution in [0, 0.1) is 6.92 Å². The Bertz CT molecular complexity index is 911. The number of benzene rings is 1. The molecular formula is C23H34N4O3S. The summed E-state index contributed by atoms with van der Waals surface area (Å²) in [6, 6.07) is 8.05.